The Morgan fingerprint density at radius 2 is 1.87 bits per heavy atom. The summed E-state index contributed by atoms with van der Waals surface area (Å²) in [5.41, 5.74) is 8.37. The van der Waals surface area contributed by atoms with Crippen LogP contribution in [0.25, 0.3) is 0 Å². The first-order chi connectivity index (χ1) is 14.4. The van der Waals surface area contributed by atoms with Gasteiger partial charge >= 0.3 is 0 Å². The number of carbonyl (C=O) groups is 1. The van der Waals surface area contributed by atoms with Gasteiger partial charge in [-0.25, -0.2) is 18.7 Å². The maximum atomic E-state index is 13.9. The lowest BCUT2D eigenvalue weighted by atomic mass is 10.1. The Hall–Kier alpha value is -2.81. The van der Waals surface area contributed by atoms with E-state index in [2.05, 4.69) is 14.8 Å². The lowest BCUT2D eigenvalue weighted by Crippen LogP contribution is -2.47. The van der Waals surface area contributed by atoms with Crippen molar-refractivity contribution in [1.82, 2.24) is 19.8 Å². The number of piperazine rings is 1. The molecule has 30 heavy (non-hydrogen) atoms. The number of hydrogen-bond acceptors (Lipinski definition) is 6. The maximum Gasteiger partial charge on any atom is 0.222 e. The highest BCUT2D eigenvalue weighted by molar-refractivity contribution is 5.76. The maximum absolute atomic E-state index is 13.9. The Morgan fingerprint density at radius 3 is 2.57 bits per heavy atom. The standard InChI is InChI=1S/C21H26F2N6O/c1-2-19(30)29-6-5-17-18(13-29)25-20(24)21(26-17)28-9-7-27(8-10-28)12-14-3-4-15(22)11-16(14)23/h3-4,11H,2,5-10,12-13H2,1H3,(H2,24,25). The molecule has 0 atom stereocenters. The molecule has 0 aliphatic carbocycles. The summed E-state index contributed by atoms with van der Waals surface area (Å²) in [7, 11) is 0. The van der Waals surface area contributed by atoms with E-state index in [1.807, 2.05) is 6.92 Å². The SMILES string of the molecule is CCC(=O)N1CCc2nc(N3CCN(Cc4ccc(F)cc4F)CC3)c(N)nc2C1. The van der Waals surface area contributed by atoms with Crippen molar-refractivity contribution < 1.29 is 13.6 Å². The van der Waals surface area contributed by atoms with E-state index in [4.69, 9.17) is 10.7 Å². The fourth-order valence-electron chi connectivity index (χ4n) is 4.01. The van der Waals surface area contributed by atoms with E-state index in [1.165, 1.54) is 12.1 Å². The molecule has 1 fully saturated rings. The number of hydrogen-bond donors (Lipinski definition) is 1. The Bertz CT molecular complexity index is 945. The minimum atomic E-state index is -0.565. The van der Waals surface area contributed by atoms with Crippen molar-refractivity contribution in [3.8, 4) is 0 Å². The van der Waals surface area contributed by atoms with Crippen LogP contribution in [-0.2, 0) is 24.3 Å². The number of fused-ring (bicyclic) bond motifs is 1. The van der Waals surface area contributed by atoms with Gasteiger partial charge in [0.15, 0.2) is 11.6 Å². The molecule has 0 bridgehead atoms. The number of carbonyl (C=O) groups excluding carboxylic acids is 1. The van der Waals surface area contributed by atoms with Crippen molar-refractivity contribution in [2.45, 2.75) is 32.9 Å². The van der Waals surface area contributed by atoms with Crippen LogP contribution in [0.3, 0.4) is 0 Å². The molecule has 0 unspecified atom stereocenters. The first-order valence-electron chi connectivity index (χ1n) is 10.3. The van der Waals surface area contributed by atoms with Gasteiger partial charge < -0.3 is 15.5 Å². The summed E-state index contributed by atoms with van der Waals surface area (Å²) in [5.74, 6) is 0.0792. The van der Waals surface area contributed by atoms with Crippen molar-refractivity contribution >= 4 is 17.5 Å². The second-order valence-corrected chi connectivity index (χ2v) is 7.74. The number of nitrogens with zero attached hydrogens (tertiary/aromatic N) is 5. The first kappa shape index (κ1) is 20.5. The zero-order valence-corrected chi connectivity index (χ0v) is 17.1. The van der Waals surface area contributed by atoms with Crippen LogP contribution < -0.4 is 10.6 Å². The van der Waals surface area contributed by atoms with Crippen LogP contribution in [-0.4, -0.2) is 58.4 Å². The molecule has 2 aliphatic heterocycles. The zero-order valence-electron chi connectivity index (χ0n) is 17.1. The summed E-state index contributed by atoms with van der Waals surface area (Å²) >= 11 is 0. The smallest absolute Gasteiger partial charge is 0.222 e. The summed E-state index contributed by atoms with van der Waals surface area (Å²) in [6.45, 7) is 6.21. The number of aromatic nitrogens is 2. The zero-order chi connectivity index (χ0) is 21.3. The van der Waals surface area contributed by atoms with E-state index in [0.717, 1.165) is 17.5 Å². The molecule has 2 aromatic rings. The van der Waals surface area contributed by atoms with Crippen LogP contribution in [0.1, 0.15) is 30.3 Å². The van der Waals surface area contributed by atoms with E-state index in [1.54, 1.807) is 4.90 Å². The third-order valence-corrected chi connectivity index (χ3v) is 5.75. The van der Waals surface area contributed by atoms with Crippen LogP contribution in [0.4, 0.5) is 20.4 Å². The van der Waals surface area contributed by atoms with E-state index < -0.39 is 11.6 Å². The summed E-state index contributed by atoms with van der Waals surface area (Å²) in [5, 5.41) is 0. The minimum absolute atomic E-state index is 0.110. The van der Waals surface area contributed by atoms with Gasteiger partial charge in [-0.2, -0.15) is 0 Å². The number of benzene rings is 1. The average Bonchev–Trinajstić information content (AvgIpc) is 2.75. The largest absolute Gasteiger partial charge is 0.381 e. The highest BCUT2D eigenvalue weighted by atomic mass is 19.1. The number of nitrogen functional groups attached to an aromatic ring is 1. The molecular weight excluding hydrogens is 390 g/mol. The molecule has 2 N–H and O–H groups in total. The molecule has 1 amide bonds. The number of halogens is 2. The number of rotatable bonds is 4. The lowest BCUT2D eigenvalue weighted by Gasteiger charge is -2.36. The van der Waals surface area contributed by atoms with Gasteiger partial charge in [0.2, 0.25) is 5.91 Å². The number of nitrogens with two attached hydrogens (primary N) is 1. The van der Waals surface area contributed by atoms with E-state index >= 15 is 0 Å². The minimum Gasteiger partial charge on any atom is -0.381 e. The quantitative estimate of drug-likeness (QED) is 0.821. The third kappa shape index (κ3) is 4.21. The van der Waals surface area contributed by atoms with Gasteiger partial charge in [-0.3, -0.25) is 9.69 Å². The van der Waals surface area contributed by atoms with Gasteiger partial charge in [0, 0.05) is 63.7 Å². The van der Waals surface area contributed by atoms with Gasteiger partial charge in [0.05, 0.1) is 17.9 Å². The van der Waals surface area contributed by atoms with Gasteiger partial charge in [0.1, 0.15) is 11.6 Å². The van der Waals surface area contributed by atoms with Crippen LogP contribution in [0.15, 0.2) is 18.2 Å². The van der Waals surface area contributed by atoms with Crippen molar-refractivity contribution in [1.29, 1.82) is 0 Å². The molecule has 7 nitrogen and oxygen atoms in total. The van der Waals surface area contributed by atoms with Crippen LogP contribution in [0, 0.1) is 11.6 Å². The van der Waals surface area contributed by atoms with Crippen molar-refractivity contribution in [3.63, 3.8) is 0 Å². The van der Waals surface area contributed by atoms with Crippen molar-refractivity contribution in [2.24, 2.45) is 0 Å². The second kappa shape index (κ2) is 8.51. The van der Waals surface area contributed by atoms with E-state index in [9.17, 15) is 13.6 Å². The van der Waals surface area contributed by atoms with Gasteiger partial charge in [0.25, 0.3) is 0 Å². The Kier molecular flexibility index (Phi) is 5.80. The average molecular weight is 416 g/mol. The van der Waals surface area contributed by atoms with E-state index in [-0.39, 0.29) is 5.91 Å². The molecule has 1 saturated heterocycles. The highest BCUT2D eigenvalue weighted by Crippen LogP contribution is 2.26. The Balaban J connectivity index is 1.41. The first-order valence-corrected chi connectivity index (χ1v) is 10.3. The molecule has 2 aliphatic rings. The van der Waals surface area contributed by atoms with Crippen molar-refractivity contribution in [3.05, 3.63) is 46.8 Å². The summed E-state index contributed by atoms with van der Waals surface area (Å²) in [6.07, 6.45) is 1.15. The summed E-state index contributed by atoms with van der Waals surface area (Å²) in [4.78, 5) is 27.3. The Labute approximate surface area is 174 Å². The van der Waals surface area contributed by atoms with Crippen molar-refractivity contribution in [2.75, 3.05) is 43.4 Å². The number of anilines is 2. The molecule has 4 rings (SSSR count). The molecule has 3 heterocycles. The molecule has 160 valence electrons. The van der Waals surface area contributed by atoms with Gasteiger partial charge in [-0.05, 0) is 6.07 Å². The number of amides is 1. The normalized spacial score (nSPS) is 17.2. The topological polar surface area (TPSA) is 78.6 Å². The predicted molar refractivity (Wildman–Crippen MR) is 110 cm³/mol. The molecule has 1 aromatic carbocycles. The highest BCUT2D eigenvalue weighted by Gasteiger charge is 2.26. The molecule has 0 saturated carbocycles. The fraction of sp³-hybridized carbons (Fsp3) is 0.476. The molecule has 0 radical (unpaired) electrons. The molecule has 9 heteroatoms. The monoisotopic (exact) mass is 416 g/mol. The predicted octanol–water partition coefficient (Wildman–Crippen LogP) is 1.95. The lowest BCUT2D eigenvalue weighted by molar-refractivity contribution is -0.131. The van der Waals surface area contributed by atoms with Gasteiger partial charge in [-0.15, -0.1) is 0 Å². The molecule has 1 aromatic heterocycles. The molecule has 0 spiro atoms. The van der Waals surface area contributed by atoms with Crippen LogP contribution in [0.2, 0.25) is 0 Å². The summed E-state index contributed by atoms with van der Waals surface area (Å²) in [6, 6.07) is 3.70. The summed E-state index contributed by atoms with van der Waals surface area (Å²) < 4.78 is 27.0. The Morgan fingerprint density at radius 1 is 1.10 bits per heavy atom. The third-order valence-electron chi connectivity index (χ3n) is 5.75. The molecular formula is C21H26F2N6O. The van der Waals surface area contributed by atoms with Crippen LogP contribution in [0.5, 0.6) is 0 Å². The van der Waals surface area contributed by atoms with Gasteiger partial charge in [-0.1, -0.05) is 13.0 Å². The second-order valence-electron chi connectivity index (χ2n) is 7.74. The van der Waals surface area contributed by atoms with Crippen LogP contribution >= 0.6 is 0 Å². The fourth-order valence-corrected chi connectivity index (χ4v) is 4.01. The van der Waals surface area contributed by atoms with E-state index in [0.29, 0.717) is 75.9 Å².